The second-order valence-corrected chi connectivity index (χ2v) is 4.84. The fourth-order valence-corrected chi connectivity index (χ4v) is 2.45. The first-order valence-corrected chi connectivity index (χ1v) is 6.60. The Morgan fingerprint density at radius 3 is 2.82 bits per heavy atom. The van der Waals surface area contributed by atoms with Gasteiger partial charge in [-0.05, 0) is 25.5 Å². The molecule has 0 amide bonds. The van der Waals surface area contributed by atoms with Crippen LogP contribution in [0.3, 0.4) is 0 Å². The molecule has 0 spiro atoms. The lowest BCUT2D eigenvalue weighted by Gasteiger charge is -2.14. The van der Waals surface area contributed by atoms with Gasteiger partial charge in [-0.1, -0.05) is 13.3 Å². The summed E-state index contributed by atoms with van der Waals surface area (Å²) in [5, 5.41) is -0.162. The second kappa shape index (κ2) is 7.17. The molecule has 1 atom stereocenters. The number of nitrogens with zero attached hydrogens (tertiary/aromatic N) is 1. The monoisotopic (exact) mass is 254 g/mol. The van der Waals surface area contributed by atoms with Gasteiger partial charge in [0.1, 0.15) is 11.1 Å². The predicted molar refractivity (Wildman–Crippen MR) is 69.8 cm³/mol. The molecule has 2 N–H and O–H groups in total. The molecule has 1 rings (SSSR count). The van der Waals surface area contributed by atoms with Gasteiger partial charge >= 0.3 is 5.97 Å². The third-order valence-corrected chi connectivity index (χ3v) is 3.36. The Morgan fingerprint density at radius 1 is 1.53 bits per heavy atom. The van der Waals surface area contributed by atoms with Crippen LogP contribution in [0.4, 0.5) is 5.82 Å². The van der Waals surface area contributed by atoms with E-state index in [1.165, 1.54) is 11.8 Å². The van der Waals surface area contributed by atoms with Crippen LogP contribution in [0, 0.1) is 0 Å². The van der Waals surface area contributed by atoms with Gasteiger partial charge < -0.3 is 10.5 Å². The van der Waals surface area contributed by atoms with E-state index in [0.29, 0.717) is 12.4 Å². The van der Waals surface area contributed by atoms with Gasteiger partial charge in [0.2, 0.25) is 0 Å². The Hall–Kier alpha value is -1.23. The zero-order valence-corrected chi connectivity index (χ0v) is 11.0. The summed E-state index contributed by atoms with van der Waals surface area (Å²) in [5.74, 6) is 0.328. The molecule has 0 fully saturated rings. The number of carbonyl (C=O) groups excluding carboxylic acids is 1. The highest BCUT2D eigenvalue weighted by Gasteiger charge is 2.20. The van der Waals surface area contributed by atoms with Crippen LogP contribution in [-0.2, 0) is 9.53 Å². The van der Waals surface area contributed by atoms with Gasteiger partial charge in [-0.15, -0.1) is 11.8 Å². The summed E-state index contributed by atoms with van der Waals surface area (Å²) < 4.78 is 5.05. The van der Waals surface area contributed by atoms with Crippen molar-refractivity contribution in [3.8, 4) is 0 Å². The maximum absolute atomic E-state index is 11.7. The fraction of sp³-hybridized carbons (Fsp3) is 0.500. The molecule has 0 radical (unpaired) electrons. The molecule has 94 valence electrons. The van der Waals surface area contributed by atoms with E-state index >= 15 is 0 Å². The number of anilines is 1. The lowest BCUT2D eigenvalue weighted by molar-refractivity contribution is -0.142. The highest BCUT2D eigenvalue weighted by atomic mass is 32.2. The van der Waals surface area contributed by atoms with Gasteiger partial charge in [0.05, 0.1) is 6.61 Å². The normalized spacial score (nSPS) is 12.1. The average molecular weight is 254 g/mol. The van der Waals surface area contributed by atoms with Crippen molar-refractivity contribution in [3.63, 3.8) is 0 Å². The summed E-state index contributed by atoms with van der Waals surface area (Å²) in [5.41, 5.74) is 5.51. The molecule has 1 heterocycles. The van der Waals surface area contributed by atoms with Crippen molar-refractivity contribution in [2.24, 2.45) is 0 Å². The molecular weight excluding hydrogens is 236 g/mol. The van der Waals surface area contributed by atoms with E-state index in [1.54, 1.807) is 12.3 Å². The molecule has 0 saturated carbocycles. The molecule has 1 aromatic rings. The lowest BCUT2D eigenvalue weighted by atomic mass is 10.2. The molecule has 0 bridgehead atoms. The number of ether oxygens (including phenoxy) is 1. The van der Waals surface area contributed by atoms with Gasteiger partial charge in [-0.2, -0.15) is 0 Å². The molecule has 4 nitrogen and oxygen atoms in total. The van der Waals surface area contributed by atoms with Crippen molar-refractivity contribution in [3.05, 3.63) is 18.3 Å². The number of thioether (sulfide) groups is 1. The zero-order chi connectivity index (χ0) is 12.7. The van der Waals surface area contributed by atoms with E-state index < -0.39 is 0 Å². The number of pyridine rings is 1. The number of nitrogen functional groups attached to an aromatic ring is 1. The minimum absolute atomic E-state index is 0.156. The molecule has 1 aromatic heterocycles. The summed E-state index contributed by atoms with van der Waals surface area (Å²) in [7, 11) is 0. The summed E-state index contributed by atoms with van der Waals surface area (Å²) in [6.45, 7) is 4.28. The van der Waals surface area contributed by atoms with E-state index in [1.807, 2.05) is 19.9 Å². The van der Waals surface area contributed by atoms with Crippen molar-refractivity contribution in [2.75, 3.05) is 12.3 Å². The van der Waals surface area contributed by atoms with Gasteiger partial charge in [-0.25, -0.2) is 4.98 Å². The lowest BCUT2D eigenvalue weighted by Crippen LogP contribution is -2.20. The van der Waals surface area contributed by atoms with E-state index in [9.17, 15) is 4.79 Å². The Bertz CT molecular complexity index is 354. The first-order valence-electron chi connectivity index (χ1n) is 5.72. The summed E-state index contributed by atoms with van der Waals surface area (Å²) in [6, 6.07) is 3.60. The minimum atomic E-state index is -0.162. The first kappa shape index (κ1) is 13.8. The van der Waals surface area contributed by atoms with E-state index in [-0.39, 0.29) is 11.2 Å². The standard InChI is InChI=1S/C12H18N2O2S/c1-3-5-10(12(15)16-4-2)17-9-6-7-11(13)14-8-9/h6-8,10H,3-5H2,1-2H3,(H2,13,14). The topological polar surface area (TPSA) is 65.2 Å². The smallest absolute Gasteiger partial charge is 0.319 e. The number of carbonyl (C=O) groups is 1. The summed E-state index contributed by atoms with van der Waals surface area (Å²) in [6.07, 6.45) is 3.43. The van der Waals surface area contributed by atoms with Crippen molar-refractivity contribution in [1.29, 1.82) is 0 Å². The van der Waals surface area contributed by atoms with Crippen LogP contribution in [0.15, 0.2) is 23.2 Å². The van der Waals surface area contributed by atoms with E-state index in [2.05, 4.69) is 4.98 Å². The molecule has 5 heteroatoms. The van der Waals surface area contributed by atoms with Crippen LogP contribution >= 0.6 is 11.8 Å². The third kappa shape index (κ3) is 4.65. The van der Waals surface area contributed by atoms with Gasteiger partial charge in [0.15, 0.2) is 0 Å². The van der Waals surface area contributed by atoms with E-state index in [4.69, 9.17) is 10.5 Å². The summed E-state index contributed by atoms with van der Waals surface area (Å²) in [4.78, 5) is 16.7. The Balaban J connectivity index is 2.65. The van der Waals surface area contributed by atoms with Crippen molar-refractivity contribution in [2.45, 2.75) is 36.8 Å². The van der Waals surface area contributed by atoms with Crippen LogP contribution in [-0.4, -0.2) is 22.8 Å². The largest absolute Gasteiger partial charge is 0.465 e. The number of hydrogen-bond donors (Lipinski definition) is 1. The van der Waals surface area contributed by atoms with Gasteiger partial charge in [0, 0.05) is 11.1 Å². The zero-order valence-electron chi connectivity index (χ0n) is 10.2. The average Bonchev–Trinajstić information content (AvgIpc) is 2.31. The molecule has 17 heavy (non-hydrogen) atoms. The van der Waals surface area contributed by atoms with Crippen LogP contribution in [0.25, 0.3) is 0 Å². The predicted octanol–water partition coefficient (Wildman–Crippen LogP) is 2.49. The van der Waals surface area contributed by atoms with Crippen molar-refractivity contribution < 1.29 is 9.53 Å². The highest BCUT2D eigenvalue weighted by molar-refractivity contribution is 8.00. The number of aromatic nitrogens is 1. The van der Waals surface area contributed by atoms with Crippen LogP contribution < -0.4 is 5.73 Å². The van der Waals surface area contributed by atoms with Crippen LogP contribution in [0.1, 0.15) is 26.7 Å². The first-order chi connectivity index (χ1) is 8.17. The van der Waals surface area contributed by atoms with Crippen LogP contribution in [0.5, 0.6) is 0 Å². The minimum Gasteiger partial charge on any atom is -0.465 e. The quantitative estimate of drug-likeness (QED) is 0.624. The maximum Gasteiger partial charge on any atom is 0.319 e. The maximum atomic E-state index is 11.7. The highest BCUT2D eigenvalue weighted by Crippen LogP contribution is 2.27. The van der Waals surface area contributed by atoms with Gasteiger partial charge in [-0.3, -0.25) is 4.79 Å². The second-order valence-electron chi connectivity index (χ2n) is 3.57. The Morgan fingerprint density at radius 2 is 2.29 bits per heavy atom. The molecule has 0 aliphatic carbocycles. The number of esters is 1. The van der Waals surface area contributed by atoms with Crippen molar-refractivity contribution in [1.82, 2.24) is 4.98 Å². The third-order valence-electron chi connectivity index (χ3n) is 2.14. The number of hydrogen-bond acceptors (Lipinski definition) is 5. The molecule has 0 saturated heterocycles. The number of rotatable bonds is 6. The van der Waals surface area contributed by atoms with Crippen LogP contribution in [0.2, 0.25) is 0 Å². The molecule has 0 aliphatic rings. The van der Waals surface area contributed by atoms with E-state index in [0.717, 1.165) is 17.7 Å². The fourth-order valence-electron chi connectivity index (χ4n) is 1.35. The Labute approximate surface area is 106 Å². The summed E-state index contributed by atoms with van der Waals surface area (Å²) >= 11 is 1.48. The number of nitrogens with two attached hydrogens (primary N) is 1. The molecule has 1 unspecified atom stereocenters. The Kier molecular flexibility index (Phi) is 5.83. The van der Waals surface area contributed by atoms with Gasteiger partial charge in [0.25, 0.3) is 0 Å². The molecular formula is C12H18N2O2S. The molecule has 0 aliphatic heterocycles. The molecule has 0 aromatic carbocycles. The van der Waals surface area contributed by atoms with Crippen molar-refractivity contribution >= 4 is 23.5 Å². The SMILES string of the molecule is CCCC(Sc1ccc(N)nc1)C(=O)OCC.